The van der Waals surface area contributed by atoms with Gasteiger partial charge in [-0.15, -0.1) is 0 Å². The second kappa shape index (κ2) is 9.39. The predicted octanol–water partition coefficient (Wildman–Crippen LogP) is 2.75. The summed E-state index contributed by atoms with van der Waals surface area (Å²) in [6.07, 6.45) is 2.19. The van der Waals surface area contributed by atoms with Crippen LogP contribution in [0.1, 0.15) is 18.9 Å². The molecule has 2 aromatic carbocycles. The Morgan fingerprint density at radius 2 is 1.93 bits per heavy atom. The number of fused-ring (bicyclic) bond motifs is 1. The summed E-state index contributed by atoms with van der Waals surface area (Å²) < 4.78 is 5.51. The Kier molecular flexibility index (Phi) is 6.45. The molecule has 0 aliphatic carbocycles. The summed E-state index contributed by atoms with van der Waals surface area (Å²) in [5.74, 6) is 1.07. The monoisotopic (exact) mass is 380 g/mol. The van der Waals surface area contributed by atoms with Crippen molar-refractivity contribution < 1.29 is 4.74 Å². The number of nitrogens with zero attached hydrogens (tertiary/aromatic N) is 3. The largest absolute Gasteiger partial charge is 0.379 e. The van der Waals surface area contributed by atoms with Gasteiger partial charge in [0.05, 0.1) is 13.2 Å². The van der Waals surface area contributed by atoms with Crippen LogP contribution >= 0.6 is 0 Å². The zero-order chi connectivity index (χ0) is 19.2. The molecule has 0 bridgehead atoms. The van der Waals surface area contributed by atoms with Gasteiger partial charge in [-0.3, -0.25) is 9.89 Å². The van der Waals surface area contributed by atoms with Crippen molar-refractivity contribution in [3.8, 4) is 0 Å². The lowest BCUT2D eigenvalue weighted by Gasteiger charge is -2.32. The fraction of sp³-hybridized carbons (Fsp3) is 0.522. The van der Waals surface area contributed by atoms with Gasteiger partial charge in [0.2, 0.25) is 0 Å². The number of likely N-dealkylation sites (tertiary alicyclic amines) is 1. The van der Waals surface area contributed by atoms with Crippen LogP contribution in [0.2, 0.25) is 0 Å². The van der Waals surface area contributed by atoms with Gasteiger partial charge in [0.15, 0.2) is 5.96 Å². The smallest absolute Gasteiger partial charge is 0.193 e. The summed E-state index contributed by atoms with van der Waals surface area (Å²) in [6, 6.07) is 15.8. The highest BCUT2D eigenvalue weighted by molar-refractivity contribution is 5.85. The summed E-state index contributed by atoms with van der Waals surface area (Å²) in [4.78, 5) is 9.99. The molecular formula is C23H32N4O. The normalized spacial score (nSPS) is 21.4. The first kappa shape index (κ1) is 19.2. The summed E-state index contributed by atoms with van der Waals surface area (Å²) in [5, 5.41) is 6.16. The van der Waals surface area contributed by atoms with Crippen LogP contribution in [0.4, 0.5) is 0 Å². The first-order valence-electron chi connectivity index (χ1n) is 10.7. The van der Waals surface area contributed by atoms with Gasteiger partial charge in [-0.25, -0.2) is 0 Å². The molecule has 2 fully saturated rings. The van der Waals surface area contributed by atoms with Crippen LogP contribution in [0.3, 0.4) is 0 Å². The van der Waals surface area contributed by atoms with Crippen molar-refractivity contribution in [2.45, 2.75) is 25.8 Å². The lowest BCUT2D eigenvalue weighted by Crippen LogP contribution is -2.46. The van der Waals surface area contributed by atoms with Crippen LogP contribution in [-0.2, 0) is 11.2 Å². The molecule has 1 unspecified atom stereocenters. The minimum atomic E-state index is 0.630. The molecule has 0 aromatic heterocycles. The third-order valence-corrected chi connectivity index (χ3v) is 5.88. The number of ether oxygens (including phenoxy) is 1. The molecule has 150 valence electrons. The van der Waals surface area contributed by atoms with Crippen molar-refractivity contribution in [2.75, 3.05) is 52.5 Å². The molecule has 28 heavy (non-hydrogen) atoms. The van der Waals surface area contributed by atoms with E-state index in [0.717, 1.165) is 64.9 Å². The van der Waals surface area contributed by atoms with Gasteiger partial charge < -0.3 is 15.0 Å². The van der Waals surface area contributed by atoms with Crippen LogP contribution in [0, 0.1) is 0 Å². The maximum atomic E-state index is 5.51. The number of hydrogen-bond acceptors (Lipinski definition) is 3. The van der Waals surface area contributed by atoms with Crippen LogP contribution in [0.25, 0.3) is 10.8 Å². The fourth-order valence-electron chi connectivity index (χ4n) is 4.39. The Bertz CT molecular complexity index is 795. The predicted molar refractivity (Wildman–Crippen MR) is 116 cm³/mol. The van der Waals surface area contributed by atoms with Gasteiger partial charge in [0.1, 0.15) is 0 Å². The van der Waals surface area contributed by atoms with Crippen LogP contribution in [0.5, 0.6) is 0 Å². The summed E-state index contributed by atoms with van der Waals surface area (Å²) in [5.41, 5.74) is 1.38. The number of rotatable bonds is 5. The molecule has 2 aromatic rings. The number of guanidine groups is 1. The molecule has 0 saturated carbocycles. The van der Waals surface area contributed by atoms with Crippen LogP contribution < -0.4 is 5.32 Å². The van der Waals surface area contributed by atoms with E-state index in [1.807, 2.05) is 0 Å². The lowest BCUT2D eigenvalue weighted by atomic mass is 10.0. The van der Waals surface area contributed by atoms with E-state index in [-0.39, 0.29) is 0 Å². The third kappa shape index (κ3) is 4.47. The molecular weight excluding hydrogens is 348 g/mol. The van der Waals surface area contributed by atoms with E-state index in [4.69, 9.17) is 9.73 Å². The van der Waals surface area contributed by atoms with Gasteiger partial charge in [-0.1, -0.05) is 42.5 Å². The second-order valence-corrected chi connectivity index (χ2v) is 7.66. The van der Waals surface area contributed by atoms with E-state index in [1.165, 1.54) is 22.8 Å². The molecule has 0 amide bonds. The minimum absolute atomic E-state index is 0.630. The zero-order valence-corrected chi connectivity index (χ0v) is 16.9. The Labute approximate surface area is 168 Å². The highest BCUT2D eigenvalue weighted by atomic mass is 16.5. The maximum Gasteiger partial charge on any atom is 0.193 e. The average molecular weight is 381 g/mol. The Morgan fingerprint density at radius 3 is 2.79 bits per heavy atom. The zero-order valence-electron chi connectivity index (χ0n) is 16.9. The van der Waals surface area contributed by atoms with Crippen LogP contribution in [0.15, 0.2) is 47.5 Å². The number of nitrogens with one attached hydrogen (secondary N) is 1. The standard InChI is InChI=1S/C23H32N4O/c1-2-24-23(27-13-11-21(18-27)26-14-16-28-17-15-26)25-12-10-20-8-5-7-19-6-3-4-9-22(19)20/h3-9,21H,2,10-18H2,1H3,(H,24,25). The van der Waals surface area contributed by atoms with Crippen LogP contribution in [-0.4, -0.2) is 74.3 Å². The molecule has 4 rings (SSSR count). The first-order chi connectivity index (χ1) is 13.8. The fourth-order valence-corrected chi connectivity index (χ4v) is 4.39. The molecule has 1 atom stereocenters. The van der Waals surface area contributed by atoms with Gasteiger partial charge in [-0.2, -0.15) is 0 Å². The third-order valence-electron chi connectivity index (χ3n) is 5.88. The first-order valence-corrected chi connectivity index (χ1v) is 10.7. The van der Waals surface area contributed by atoms with Crippen molar-refractivity contribution in [2.24, 2.45) is 4.99 Å². The van der Waals surface area contributed by atoms with Gasteiger partial charge in [-0.05, 0) is 36.1 Å². The Morgan fingerprint density at radius 1 is 1.11 bits per heavy atom. The van der Waals surface area contributed by atoms with Gasteiger partial charge in [0.25, 0.3) is 0 Å². The molecule has 0 spiro atoms. The Balaban J connectivity index is 1.39. The molecule has 2 aliphatic rings. The number of morpholine rings is 1. The lowest BCUT2D eigenvalue weighted by molar-refractivity contribution is 0.0195. The van der Waals surface area contributed by atoms with Gasteiger partial charge >= 0.3 is 0 Å². The van der Waals surface area contributed by atoms with Crippen molar-refractivity contribution in [3.05, 3.63) is 48.0 Å². The van der Waals surface area contributed by atoms with Crippen molar-refractivity contribution in [1.29, 1.82) is 0 Å². The topological polar surface area (TPSA) is 40.1 Å². The van der Waals surface area contributed by atoms with Gasteiger partial charge in [0, 0.05) is 45.3 Å². The van der Waals surface area contributed by atoms with E-state index in [0.29, 0.717) is 6.04 Å². The maximum absolute atomic E-state index is 5.51. The molecule has 2 saturated heterocycles. The molecule has 0 radical (unpaired) electrons. The number of aliphatic imine (C=N–C) groups is 1. The van der Waals surface area contributed by atoms with E-state index in [1.54, 1.807) is 0 Å². The molecule has 1 N–H and O–H groups in total. The molecule has 2 heterocycles. The van der Waals surface area contributed by atoms with E-state index in [9.17, 15) is 0 Å². The number of hydrogen-bond donors (Lipinski definition) is 1. The van der Waals surface area contributed by atoms with Crippen molar-refractivity contribution >= 4 is 16.7 Å². The van der Waals surface area contributed by atoms with E-state index >= 15 is 0 Å². The molecule has 2 aliphatic heterocycles. The molecule has 5 heteroatoms. The highest BCUT2D eigenvalue weighted by Crippen LogP contribution is 2.20. The quantitative estimate of drug-likeness (QED) is 0.640. The molecule has 5 nitrogen and oxygen atoms in total. The van der Waals surface area contributed by atoms with E-state index in [2.05, 4.69) is 64.5 Å². The average Bonchev–Trinajstić information content (AvgIpc) is 3.24. The summed E-state index contributed by atoms with van der Waals surface area (Å²) in [7, 11) is 0. The summed E-state index contributed by atoms with van der Waals surface area (Å²) in [6.45, 7) is 9.89. The summed E-state index contributed by atoms with van der Waals surface area (Å²) >= 11 is 0. The second-order valence-electron chi connectivity index (χ2n) is 7.66. The Hall–Kier alpha value is -2.11. The van der Waals surface area contributed by atoms with Crippen molar-refractivity contribution in [3.63, 3.8) is 0 Å². The minimum Gasteiger partial charge on any atom is -0.379 e. The SMILES string of the molecule is CCNC(=NCCc1cccc2ccccc12)N1CCC(N2CCOCC2)C1. The highest BCUT2D eigenvalue weighted by Gasteiger charge is 2.30. The van der Waals surface area contributed by atoms with E-state index < -0.39 is 0 Å². The number of benzene rings is 2. The van der Waals surface area contributed by atoms with Crippen molar-refractivity contribution in [1.82, 2.24) is 15.1 Å².